The molecule has 5 heteroatoms. The van der Waals surface area contributed by atoms with Gasteiger partial charge in [-0.2, -0.15) is 0 Å². The van der Waals surface area contributed by atoms with E-state index < -0.39 is 0 Å². The zero-order chi connectivity index (χ0) is 12.0. The lowest BCUT2D eigenvalue weighted by Gasteiger charge is -2.06. The van der Waals surface area contributed by atoms with Crippen LogP contribution in [0.1, 0.15) is 18.7 Å². The third-order valence-electron chi connectivity index (χ3n) is 3.13. The molecule has 1 heterocycles. The average Bonchev–Trinajstić information content (AvgIpc) is 3.06. The summed E-state index contributed by atoms with van der Waals surface area (Å²) in [6, 6.07) is 3.68. The number of aromatic nitrogens is 2. The van der Waals surface area contributed by atoms with E-state index in [1.54, 1.807) is 6.07 Å². The van der Waals surface area contributed by atoms with Gasteiger partial charge in [-0.25, -0.2) is 4.98 Å². The summed E-state index contributed by atoms with van der Waals surface area (Å²) in [7, 11) is 0. The molecular weight excluding hydrogens is 279 g/mol. The summed E-state index contributed by atoms with van der Waals surface area (Å²) < 4.78 is 2.17. The third-order valence-corrected chi connectivity index (χ3v) is 4.09. The van der Waals surface area contributed by atoms with E-state index in [-0.39, 0.29) is 0 Å². The molecule has 0 aliphatic heterocycles. The first-order chi connectivity index (χ1) is 8.19. The third kappa shape index (κ3) is 2.14. The first-order valence-electron chi connectivity index (χ1n) is 5.59. The lowest BCUT2D eigenvalue weighted by Crippen LogP contribution is -2.03. The minimum Gasteiger partial charge on any atom is -0.327 e. The van der Waals surface area contributed by atoms with Crippen LogP contribution in [0.5, 0.6) is 0 Å². The summed E-state index contributed by atoms with van der Waals surface area (Å²) in [5.74, 6) is 2.08. The van der Waals surface area contributed by atoms with Crippen molar-refractivity contribution in [3.05, 3.63) is 28.0 Å². The Bertz CT molecular complexity index is 573. The molecule has 2 nitrogen and oxygen atoms in total. The van der Waals surface area contributed by atoms with E-state index in [9.17, 15) is 0 Å². The monoisotopic (exact) mass is 288 g/mol. The molecule has 0 atom stereocenters. The fourth-order valence-electron chi connectivity index (χ4n) is 2.03. The van der Waals surface area contributed by atoms with Crippen LogP contribution < -0.4 is 0 Å². The molecule has 1 aromatic heterocycles. The van der Waals surface area contributed by atoms with Crippen LogP contribution in [0.25, 0.3) is 11.0 Å². The average molecular weight is 290 g/mol. The van der Waals surface area contributed by atoms with Gasteiger partial charge in [-0.05, 0) is 30.9 Å². The second kappa shape index (κ2) is 4.34. The number of alkyl halides is 1. The predicted octanol–water partition coefficient (Wildman–Crippen LogP) is 4.49. The molecule has 1 aliphatic carbocycles. The molecule has 1 aromatic carbocycles. The Balaban J connectivity index is 2.17. The van der Waals surface area contributed by atoms with Gasteiger partial charge < -0.3 is 4.57 Å². The van der Waals surface area contributed by atoms with E-state index in [1.165, 1.54) is 12.8 Å². The molecule has 0 spiro atoms. The standard InChI is InChI=1S/C12H11Cl3N2/c13-5-12-16-10-3-8(14)9(15)4-11(10)17(12)6-7-1-2-7/h3-4,7H,1-2,5-6H2. The molecule has 0 unspecified atom stereocenters. The van der Waals surface area contributed by atoms with Crippen LogP contribution in [-0.4, -0.2) is 9.55 Å². The fraction of sp³-hybridized carbons (Fsp3) is 0.417. The predicted molar refractivity (Wildman–Crippen MR) is 72.0 cm³/mol. The topological polar surface area (TPSA) is 17.8 Å². The minimum absolute atomic E-state index is 0.413. The van der Waals surface area contributed by atoms with Crippen molar-refractivity contribution in [2.75, 3.05) is 0 Å². The smallest absolute Gasteiger partial charge is 0.124 e. The van der Waals surface area contributed by atoms with Crippen molar-refractivity contribution in [2.45, 2.75) is 25.3 Å². The number of rotatable bonds is 3. The number of hydrogen-bond acceptors (Lipinski definition) is 1. The highest BCUT2D eigenvalue weighted by Crippen LogP contribution is 2.34. The number of nitrogens with zero attached hydrogens (tertiary/aromatic N) is 2. The molecule has 90 valence electrons. The number of halogens is 3. The van der Waals surface area contributed by atoms with Crippen molar-refractivity contribution in [3.63, 3.8) is 0 Å². The highest BCUT2D eigenvalue weighted by atomic mass is 35.5. The lowest BCUT2D eigenvalue weighted by molar-refractivity contribution is 0.623. The zero-order valence-corrected chi connectivity index (χ0v) is 11.4. The van der Waals surface area contributed by atoms with Crippen molar-refractivity contribution in [1.82, 2.24) is 9.55 Å². The molecular formula is C12H11Cl3N2. The molecule has 3 rings (SSSR count). The molecule has 1 saturated carbocycles. The van der Waals surface area contributed by atoms with Gasteiger partial charge in [0.1, 0.15) is 5.82 Å². The highest BCUT2D eigenvalue weighted by molar-refractivity contribution is 6.42. The number of fused-ring (bicyclic) bond motifs is 1. The molecule has 2 aromatic rings. The molecule has 1 aliphatic rings. The SMILES string of the molecule is ClCc1nc2cc(Cl)c(Cl)cc2n1CC1CC1. The van der Waals surface area contributed by atoms with Crippen LogP contribution in [0.3, 0.4) is 0 Å². The quantitative estimate of drug-likeness (QED) is 0.761. The Morgan fingerprint density at radius 2 is 1.94 bits per heavy atom. The maximum Gasteiger partial charge on any atom is 0.124 e. The summed E-state index contributed by atoms with van der Waals surface area (Å²) in [4.78, 5) is 4.50. The van der Waals surface area contributed by atoms with Crippen molar-refractivity contribution in [3.8, 4) is 0 Å². The van der Waals surface area contributed by atoms with E-state index in [2.05, 4.69) is 9.55 Å². The first kappa shape index (κ1) is 11.6. The van der Waals surface area contributed by atoms with Gasteiger partial charge in [0, 0.05) is 6.54 Å². The fourth-order valence-corrected chi connectivity index (χ4v) is 2.55. The van der Waals surface area contributed by atoms with E-state index in [4.69, 9.17) is 34.8 Å². The van der Waals surface area contributed by atoms with Crippen molar-refractivity contribution < 1.29 is 0 Å². The van der Waals surface area contributed by atoms with Gasteiger partial charge in [0.2, 0.25) is 0 Å². The molecule has 0 radical (unpaired) electrons. The van der Waals surface area contributed by atoms with E-state index >= 15 is 0 Å². The van der Waals surface area contributed by atoms with Crippen LogP contribution >= 0.6 is 34.8 Å². The molecule has 1 fully saturated rings. The normalized spacial score (nSPS) is 15.7. The van der Waals surface area contributed by atoms with Crippen molar-refractivity contribution >= 4 is 45.8 Å². The lowest BCUT2D eigenvalue weighted by atomic mass is 10.3. The van der Waals surface area contributed by atoms with Crippen molar-refractivity contribution in [1.29, 1.82) is 0 Å². The summed E-state index contributed by atoms with van der Waals surface area (Å²) in [5, 5.41) is 1.11. The maximum absolute atomic E-state index is 6.06. The molecule has 0 N–H and O–H groups in total. The Morgan fingerprint density at radius 3 is 2.59 bits per heavy atom. The van der Waals surface area contributed by atoms with Crippen molar-refractivity contribution in [2.24, 2.45) is 5.92 Å². The Hall–Kier alpha value is -0.440. The maximum atomic E-state index is 6.06. The molecule has 0 saturated heterocycles. The van der Waals surface area contributed by atoms with Gasteiger partial charge in [0.05, 0.1) is 27.0 Å². The van der Waals surface area contributed by atoms with Gasteiger partial charge in [0.25, 0.3) is 0 Å². The highest BCUT2D eigenvalue weighted by Gasteiger charge is 2.24. The first-order valence-corrected chi connectivity index (χ1v) is 6.88. The van der Waals surface area contributed by atoms with Crippen LogP contribution in [-0.2, 0) is 12.4 Å². The van der Waals surface area contributed by atoms with E-state index in [0.717, 1.165) is 29.3 Å². The van der Waals surface area contributed by atoms with Gasteiger partial charge in [-0.3, -0.25) is 0 Å². The Labute approximate surface area is 114 Å². The number of benzene rings is 1. The van der Waals surface area contributed by atoms with E-state index in [0.29, 0.717) is 15.9 Å². The Morgan fingerprint density at radius 1 is 1.24 bits per heavy atom. The Kier molecular flexibility index (Phi) is 2.97. The van der Waals surface area contributed by atoms with Gasteiger partial charge in [-0.1, -0.05) is 23.2 Å². The second-order valence-corrected chi connectivity index (χ2v) is 5.55. The van der Waals surface area contributed by atoms with E-state index in [1.807, 2.05) is 6.07 Å². The molecule has 0 amide bonds. The van der Waals surface area contributed by atoms with Gasteiger partial charge in [0.15, 0.2) is 0 Å². The number of imidazole rings is 1. The molecule has 17 heavy (non-hydrogen) atoms. The minimum atomic E-state index is 0.413. The summed E-state index contributed by atoms with van der Waals surface area (Å²) >= 11 is 18.0. The van der Waals surface area contributed by atoms with Gasteiger partial charge >= 0.3 is 0 Å². The zero-order valence-electron chi connectivity index (χ0n) is 9.09. The van der Waals surface area contributed by atoms with Crippen LogP contribution in [0.4, 0.5) is 0 Å². The largest absolute Gasteiger partial charge is 0.327 e. The van der Waals surface area contributed by atoms with Crippen LogP contribution in [0.2, 0.25) is 10.0 Å². The summed E-state index contributed by atoms with van der Waals surface area (Å²) in [6.07, 6.45) is 2.59. The van der Waals surface area contributed by atoms with Gasteiger partial charge in [-0.15, -0.1) is 11.6 Å². The summed E-state index contributed by atoms with van der Waals surface area (Å²) in [6.45, 7) is 0.983. The van der Waals surface area contributed by atoms with Crippen LogP contribution in [0, 0.1) is 5.92 Å². The second-order valence-electron chi connectivity index (χ2n) is 4.47. The van der Waals surface area contributed by atoms with Crippen LogP contribution in [0.15, 0.2) is 12.1 Å². The number of hydrogen-bond donors (Lipinski definition) is 0. The molecule has 0 bridgehead atoms. The summed E-state index contributed by atoms with van der Waals surface area (Å²) in [5.41, 5.74) is 1.90.